The quantitative estimate of drug-likeness (QED) is 0.0415. The van der Waals surface area contributed by atoms with Gasteiger partial charge in [0.05, 0.1) is 0 Å². The highest BCUT2D eigenvalue weighted by Gasteiger charge is 2.14. The fraction of sp³-hybridized carbons (Fsp3) is 0.795. The zero-order valence-corrected chi connectivity index (χ0v) is 32.1. The summed E-state index contributed by atoms with van der Waals surface area (Å²) >= 11 is 0. The summed E-state index contributed by atoms with van der Waals surface area (Å²) in [5, 5.41) is 3.40. The fourth-order valence-electron chi connectivity index (χ4n) is 5.85. The summed E-state index contributed by atoms with van der Waals surface area (Å²) in [6, 6.07) is 0.464. The molecule has 0 amide bonds. The van der Waals surface area contributed by atoms with Gasteiger partial charge in [-0.05, 0) is 103 Å². The summed E-state index contributed by atoms with van der Waals surface area (Å²) in [4.78, 5) is 12.6. The van der Waals surface area contributed by atoms with Gasteiger partial charge in [0.25, 0.3) is 0 Å². The Morgan fingerprint density at radius 3 is 1.30 bits per heavy atom. The highest BCUT2D eigenvalue weighted by Crippen LogP contribution is 2.18. The van der Waals surface area contributed by atoms with Crippen LogP contribution in [0, 0.1) is 0 Å². The lowest BCUT2D eigenvalue weighted by molar-refractivity contribution is -0.150. The molecule has 0 atom stereocenters. The zero-order valence-electron chi connectivity index (χ0n) is 32.1. The van der Waals surface area contributed by atoms with Crippen molar-refractivity contribution in [2.24, 2.45) is 0 Å². The Morgan fingerprint density at radius 1 is 0.511 bits per heavy atom. The van der Waals surface area contributed by atoms with Crippen molar-refractivity contribution in [1.29, 1.82) is 0 Å². The van der Waals surface area contributed by atoms with Crippen molar-refractivity contribution in [3.8, 4) is 0 Å². The van der Waals surface area contributed by atoms with Gasteiger partial charge in [-0.2, -0.15) is 0 Å². The molecule has 274 valence electrons. The van der Waals surface area contributed by atoms with Gasteiger partial charge in [-0.15, -0.1) is 0 Å². The normalized spacial score (nSPS) is 12.4. The summed E-state index contributed by atoms with van der Waals surface area (Å²) in [5.74, 6) is 0.000586. The van der Waals surface area contributed by atoms with Gasteiger partial charge in [0.1, 0.15) is 6.10 Å². The number of esters is 1. The summed E-state index contributed by atoms with van der Waals surface area (Å²) < 4.78 is 6.01. The van der Waals surface area contributed by atoms with Crippen molar-refractivity contribution in [2.45, 2.75) is 220 Å². The van der Waals surface area contributed by atoms with E-state index >= 15 is 0 Å². The van der Waals surface area contributed by atoms with E-state index in [0.717, 1.165) is 38.6 Å². The van der Waals surface area contributed by atoms with E-state index in [1.807, 2.05) is 0 Å². The summed E-state index contributed by atoms with van der Waals surface area (Å²) in [6.07, 6.45) is 52.7. The number of carbonyl (C=O) groups is 1. The zero-order chi connectivity index (χ0) is 34.3. The topological polar surface area (TPSA) is 38.3 Å². The van der Waals surface area contributed by atoms with E-state index in [0.29, 0.717) is 12.5 Å². The number of unbranched alkanes of at least 4 members (excludes halogenated alkanes) is 18. The van der Waals surface area contributed by atoms with Gasteiger partial charge in [-0.3, -0.25) is 4.79 Å². The number of carbonyl (C=O) groups excluding carboxylic acids is 1. The number of hydrogen-bond donors (Lipinski definition) is 1. The number of rotatable bonds is 36. The Morgan fingerprint density at radius 2 is 0.894 bits per heavy atom. The molecule has 0 heterocycles. The first-order valence-corrected chi connectivity index (χ1v) is 20.6. The molecule has 3 heteroatoms. The van der Waals surface area contributed by atoms with Crippen LogP contribution < -0.4 is 5.32 Å². The van der Waals surface area contributed by atoms with Crippen LogP contribution in [0.5, 0.6) is 0 Å². The smallest absolute Gasteiger partial charge is 0.306 e. The number of ether oxygens (including phenoxy) is 1. The molecule has 1 N–H and O–H groups in total. The fourth-order valence-corrected chi connectivity index (χ4v) is 5.85. The van der Waals surface area contributed by atoms with E-state index in [2.05, 4.69) is 81.6 Å². The van der Waals surface area contributed by atoms with Crippen LogP contribution in [0.4, 0.5) is 0 Å². The standard InChI is InChI=1S/C44H81NO2/c1-5-7-9-11-13-15-17-19-21-23-25-27-29-31-33-35-38-43(47-44(46)40-37-41-45-42(3)4)39-36-34-32-30-28-26-24-22-20-18-16-14-12-10-8-6-2/h13-16,19-22,42-43,45H,5-12,17-18,23-41H2,1-4H3/b15-13-,16-14-,21-19-,22-20-. The molecule has 0 saturated heterocycles. The molecular formula is C44H81NO2. The van der Waals surface area contributed by atoms with Crippen molar-refractivity contribution in [1.82, 2.24) is 5.32 Å². The minimum atomic E-state index is 0.000586. The van der Waals surface area contributed by atoms with Gasteiger partial charge >= 0.3 is 5.97 Å². The molecule has 0 aliphatic rings. The molecule has 0 saturated carbocycles. The Labute approximate surface area is 294 Å². The van der Waals surface area contributed by atoms with Gasteiger partial charge in [0, 0.05) is 12.5 Å². The minimum absolute atomic E-state index is 0.000586. The van der Waals surface area contributed by atoms with Gasteiger partial charge in [-0.1, -0.05) is 153 Å². The monoisotopic (exact) mass is 656 g/mol. The van der Waals surface area contributed by atoms with Crippen LogP contribution >= 0.6 is 0 Å². The molecule has 47 heavy (non-hydrogen) atoms. The maximum absolute atomic E-state index is 12.6. The van der Waals surface area contributed by atoms with Crippen molar-refractivity contribution >= 4 is 5.97 Å². The number of nitrogens with one attached hydrogen (secondary N) is 1. The molecule has 0 aromatic heterocycles. The molecular weight excluding hydrogens is 574 g/mol. The SMILES string of the molecule is CCCCC/C=C\C/C=C\CCCCCCCCC(CCCCCCCC/C=C\C/C=C\CCCCC)OC(=O)CCCNC(C)C. The Kier molecular flexibility index (Phi) is 37.5. The summed E-state index contributed by atoms with van der Waals surface area (Å²) in [7, 11) is 0. The van der Waals surface area contributed by atoms with Crippen molar-refractivity contribution < 1.29 is 9.53 Å². The first kappa shape index (κ1) is 45.4. The molecule has 0 radical (unpaired) electrons. The summed E-state index contributed by atoms with van der Waals surface area (Å²) in [5.41, 5.74) is 0. The van der Waals surface area contributed by atoms with Gasteiger partial charge < -0.3 is 10.1 Å². The molecule has 0 aliphatic carbocycles. The van der Waals surface area contributed by atoms with Gasteiger partial charge in [-0.25, -0.2) is 0 Å². The number of allylic oxidation sites excluding steroid dienone is 8. The average molecular weight is 656 g/mol. The van der Waals surface area contributed by atoms with E-state index in [9.17, 15) is 4.79 Å². The maximum Gasteiger partial charge on any atom is 0.306 e. The van der Waals surface area contributed by atoms with E-state index < -0.39 is 0 Å². The molecule has 3 nitrogen and oxygen atoms in total. The van der Waals surface area contributed by atoms with Crippen molar-refractivity contribution in [3.63, 3.8) is 0 Å². The average Bonchev–Trinajstić information content (AvgIpc) is 3.06. The molecule has 0 aliphatic heterocycles. The highest BCUT2D eigenvalue weighted by molar-refractivity contribution is 5.69. The van der Waals surface area contributed by atoms with Crippen LogP contribution in [0.2, 0.25) is 0 Å². The van der Waals surface area contributed by atoms with Crippen molar-refractivity contribution in [3.05, 3.63) is 48.6 Å². The highest BCUT2D eigenvalue weighted by atomic mass is 16.5. The molecule has 0 aromatic rings. The van der Waals surface area contributed by atoms with E-state index in [-0.39, 0.29) is 12.1 Å². The maximum atomic E-state index is 12.6. The van der Waals surface area contributed by atoms with Crippen molar-refractivity contribution in [2.75, 3.05) is 6.54 Å². The largest absolute Gasteiger partial charge is 0.462 e. The lowest BCUT2D eigenvalue weighted by Crippen LogP contribution is -2.25. The molecule has 0 rings (SSSR count). The second kappa shape index (κ2) is 38.8. The Bertz CT molecular complexity index is 702. The van der Waals surface area contributed by atoms with E-state index in [1.54, 1.807) is 0 Å². The van der Waals surface area contributed by atoms with Gasteiger partial charge in [0.2, 0.25) is 0 Å². The third-order valence-corrected chi connectivity index (χ3v) is 8.86. The first-order chi connectivity index (χ1) is 23.1. The lowest BCUT2D eigenvalue weighted by Gasteiger charge is -2.18. The molecule has 0 fully saturated rings. The molecule has 0 unspecified atom stereocenters. The molecule has 0 aromatic carbocycles. The molecule has 0 spiro atoms. The number of hydrogen-bond acceptors (Lipinski definition) is 3. The van der Waals surface area contributed by atoms with Crippen LogP contribution in [-0.2, 0) is 9.53 Å². The predicted molar refractivity (Wildman–Crippen MR) is 210 cm³/mol. The van der Waals surface area contributed by atoms with Crippen LogP contribution in [0.1, 0.15) is 207 Å². The summed E-state index contributed by atoms with van der Waals surface area (Å²) in [6.45, 7) is 9.70. The second-order valence-corrected chi connectivity index (χ2v) is 14.1. The minimum Gasteiger partial charge on any atom is -0.462 e. The lowest BCUT2D eigenvalue weighted by atomic mass is 10.0. The molecule has 0 bridgehead atoms. The predicted octanol–water partition coefficient (Wildman–Crippen LogP) is 14.1. The van der Waals surface area contributed by atoms with Crippen LogP contribution in [0.25, 0.3) is 0 Å². The Hall–Kier alpha value is -1.61. The van der Waals surface area contributed by atoms with Crippen LogP contribution in [-0.4, -0.2) is 24.7 Å². The van der Waals surface area contributed by atoms with E-state index in [4.69, 9.17) is 4.74 Å². The van der Waals surface area contributed by atoms with Gasteiger partial charge in [0.15, 0.2) is 0 Å². The third-order valence-electron chi connectivity index (χ3n) is 8.86. The van der Waals surface area contributed by atoms with E-state index in [1.165, 1.54) is 141 Å². The first-order valence-electron chi connectivity index (χ1n) is 20.6. The Balaban J connectivity index is 4.06. The van der Waals surface area contributed by atoms with Crippen LogP contribution in [0.3, 0.4) is 0 Å². The van der Waals surface area contributed by atoms with Crippen LogP contribution in [0.15, 0.2) is 48.6 Å². The second-order valence-electron chi connectivity index (χ2n) is 14.1. The third kappa shape index (κ3) is 38.7.